The van der Waals surface area contributed by atoms with E-state index >= 15 is 0 Å². The highest BCUT2D eigenvalue weighted by atomic mass is 35.5. The molecule has 1 aliphatic heterocycles. The Morgan fingerprint density at radius 3 is 3.00 bits per heavy atom. The highest BCUT2D eigenvalue weighted by molar-refractivity contribution is 6.30. The van der Waals surface area contributed by atoms with E-state index in [1.807, 2.05) is 36.1 Å². The molecule has 3 nitrogen and oxygen atoms in total. The van der Waals surface area contributed by atoms with Crippen LogP contribution in [-0.2, 0) is 11.3 Å². The summed E-state index contributed by atoms with van der Waals surface area (Å²) >= 11 is 5.96. The van der Waals surface area contributed by atoms with Crippen molar-refractivity contribution in [3.8, 4) is 0 Å². The van der Waals surface area contributed by atoms with Crippen molar-refractivity contribution in [2.45, 2.75) is 32.4 Å². The summed E-state index contributed by atoms with van der Waals surface area (Å²) in [7, 11) is 0. The molecule has 0 bridgehead atoms. The number of hydrogen-bond acceptors (Lipinski definition) is 2. The van der Waals surface area contributed by atoms with Crippen LogP contribution >= 0.6 is 11.6 Å². The van der Waals surface area contributed by atoms with Crippen LogP contribution in [0.3, 0.4) is 0 Å². The summed E-state index contributed by atoms with van der Waals surface area (Å²) in [5.41, 5.74) is 1.08. The molecule has 1 amide bonds. The van der Waals surface area contributed by atoms with Crippen molar-refractivity contribution >= 4 is 17.5 Å². The molecule has 1 heterocycles. The van der Waals surface area contributed by atoms with E-state index in [-0.39, 0.29) is 11.9 Å². The average molecular weight is 267 g/mol. The number of amides is 1. The van der Waals surface area contributed by atoms with Crippen LogP contribution < -0.4 is 5.32 Å². The van der Waals surface area contributed by atoms with E-state index in [1.54, 1.807) is 0 Å². The van der Waals surface area contributed by atoms with E-state index in [4.69, 9.17) is 11.6 Å². The fourth-order valence-corrected chi connectivity index (χ4v) is 2.53. The van der Waals surface area contributed by atoms with Crippen LogP contribution in [0.15, 0.2) is 24.3 Å². The number of nitrogens with zero attached hydrogens (tertiary/aromatic N) is 1. The maximum Gasteiger partial charge on any atom is 0.239 e. The monoisotopic (exact) mass is 266 g/mol. The zero-order valence-corrected chi connectivity index (χ0v) is 11.4. The van der Waals surface area contributed by atoms with Crippen LogP contribution in [0.25, 0.3) is 0 Å². The Bertz CT molecular complexity index is 416. The van der Waals surface area contributed by atoms with Crippen molar-refractivity contribution in [1.82, 2.24) is 10.2 Å². The number of rotatable bonds is 4. The molecule has 1 aromatic carbocycles. The Labute approximate surface area is 113 Å². The fourth-order valence-electron chi connectivity index (χ4n) is 2.32. The topological polar surface area (TPSA) is 32.3 Å². The van der Waals surface area contributed by atoms with Gasteiger partial charge in [0.05, 0.1) is 6.04 Å². The summed E-state index contributed by atoms with van der Waals surface area (Å²) < 4.78 is 0. The van der Waals surface area contributed by atoms with Gasteiger partial charge in [-0.1, -0.05) is 23.7 Å². The average Bonchev–Trinajstić information content (AvgIpc) is 2.89. The lowest BCUT2D eigenvalue weighted by molar-refractivity contribution is -0.133. The highest BCUT2D eigenvalue weighted by Gasteiger charge is 2.25. The summed E-state index contributed by atoms with van der Waals surface area (Å²) in [5.74, 6) is 0.204. The van der Waals surface area contributed by atoms with Crippen molar-refractivity contribution in [2.75, 3.05) is 13.1 Å². The van der Waals surface area contributed by atoms with E-state index in [0.717, 1.165) is 36.5 Å². The third kappa shape index (κ3) is 3.24. The van der Waals surface area contributed by atoms with Crippen molar-refractivity contribution in [3.05, 3.63) is 34.9 Å². The molecule has 0 aliphatic carbocycles. The quantitative estimate of drug-likeness (QED) is 0.908. The molecule has 1 atom stereocenters. The molecule has 0 saturated carbocycles. The number of carbonyl (C=O) groups is 1. The van der Waals surface area contributed by atoms with Gasteiger partial charge in [0.1, 0.15) is 0 Å². The molecule has 1 saturated heterocycles. The van der Waals surface area contributed by atoms with Crippen LogP contribution in [0.2, 0.25) is 5.02 Å². The first-order valence-corrected chi connectivity index (χ1v) is 6.85. The SMILES string of the molecule is CCN(Cc1cccc(Cl)c1)C(=O)[C@H]1CCCN1. The lowest BCUT2D eigenvalue weighted by atomic mass is 10.1. The van der Waals surface area contributed by atoms with Gasteiger partial charge < -0.3 is 10.2 Å². The van der Waals surface area contributed by atoms with E-state index < -0.39 is 0 Å². The van der Waals surface area contributed by atoms with Gasteiger partial charge in [0.2, 0.25) is 5.91 Å². The summed E-state index contributed by atoms with van der Waals surface area (Å²) in [5, 5.41) is 3.97. The molecule has 1 aliphatic rings. The summed E-state index contributed by atoms with van der Waals surface area (Å²) in [6, 6.07) is 7.69. The Hall–Kier alpha value is -1.06. The van der Waals surface area contributed by atoms with E-state index in [9.17, 15) is 4.79 Å². The first-order valence-electron chi connectivity index (χ1n) is 6.47. The van der Waals surface area contributed by atoms with Crippen LogP contribution in [0, 0.1) is 0 Å². The number of halogens is 1. The van der Waals surface area contributed by atoms with Gasteiger partial charge in [0.25, 0.3) is 0 Å². The predicted molar refractivity (Wildman–Crippen MR) is 73.6 cm³/mol. The van der Waals surface area contributed by atoms with Gasteiger partial charge in [-0.05, 0) is 44.0 Å². The highest BCUT2D eigenvalue weighted by Crippen LogP contribution is 2.15. The molecule has 0 aromatic heterocycles. The van der Waals surface area contributed by atoms with Crippen LogP contribution in [-0.4, -0.2) is 29.9 Å². The molecule has 4 heteroatoms. The number of benzene rings is 1. The first kappa shape index (κ1) is 13.4. The molecule has 0 spiro atoms. The number of likely N-dealkylation sites (N-methyl/N-ethyl adjacent to an activating group) is 1. The molecule has 1 fully saturated rings. The summed E-state index contributed by atoms with van der Waals surface area (Å²) in [6.45, 7) is 4.32. The van der Waals surface area contributed by atoms with Crippen molar-refractivity contribution < 1.29 is 4.79 Å². The minimum Gasteiger partial charge on any atom is -0.337 e. The molecule has 2 rings (SSSR count). The first-order chi connectivity index (χ1) is 8.70. The smallest absolute Gasteiger partial charge is 0.239 e. The maximum atomic E-state index is 12.3. The van der Waals surface area contributed by atoms with E-state index in [2.05, 4.69) is 5.32 Å². The van der Waals surface area contributed by atoms with Crippen LogP contribution in [0.4, 0.5) is 0 Å². The Kier molecular flexibility index (Phi) is 4.61. The van der Waals surface area contributed by atoms with E-state index in [0.29, 0.717) is 6.54 Å². The minimum absolute atomic E-state index is 0.00383. The van der Waals surface area contributed by atoms with Crippen LogP contribution in [0.1, 0.15) is 25.3 Å². The van der Waals surface area contributed by atoms with Crippen molar-refractivity contribution in [3.63, 3.8) is 0 Å². The number of hydrogen-bond donors (Lipinski definition) is 1. The van der Waals surface area contributed by atoms with Gasteiger partial charge in [-0.2, -0.15) is 0 Å². The third-order valence-electron chi connectivity index (χ3n) is 3.31. The molecule has 0 unspecified atom stereocenters. The van der Waals surface area contributed by atoms with Gasteiger partial charge >= 0.3 is 0 Å². The Morgan fingerprint density at radius 1 is 1.56 bits per heavy atom. The normalized spacial score (nSPS) is 18.9. The van der Waals surface area contributed by atoms with Crippen molar-refractivity contribution in [1.29, 1.82) is 0 Å². The predicted octanol–water partition coefficient (Wildman–Crippen LogP) is 2.44. The third-order valence-corrected chi connectivity index (χ3v) is 3.55. The molecule has 98 valence electrons. The van der Waals surface area contributed by atoms with E-state index in [1.165, 1.54) is 0 Å². The van der Waals surface area contributed by atoms with Gasteiger partial charge in [-0.3, -0.25) is 4.79 Å². The standard InChI is InChI=1S/C14H19ClN2O/c1-2-17(14(18)13-7-4-8-16-13)10-11-5-3-6-12(15)9-11/h3,5-6,9,13,16H,2,4,7-8,10H2,1H3/t13-/m1/s1. The molecular formula is C14H19ClN2O. The van der Waals surface area contributed by atoms with Gasteiger partial charge in [-0.25, -0.2) is 0 Å². The van der Waals surface area contributed by atoms with Crippen molar-refractivity contribution in [2.24, 2.45) is 0 Å². The lowest BCUT2D eigenvalue weighted by Crippen LogP contribution is -2.43. The summed E-state index contributed by atoms with van der Waals surface area (Å²) in [6.07, 6.45) is 2.04. The molecule has 1 N–H and O–H groups in total. The second kappa shape index (κ2) is 6.21. The second-order valence-electron chi connectivity index (χ2n) is 4.63. The number of nitrogens with one attached hydrogen (secondary N) is 1. The van der Waals surface area contributed by atoms with Gasteiger partial charge in [-0.15, -0.1) is 0 Å². The van der Waals surface area contributed by atoms with Gasteiger partial charge in [0, 0.05) is 18.1 Å². The molecule has 1 aromatic rings. The maximum absolute atomic E-state index is 12.3. The second-order valence-corrected chi connectivity index (χ2v) is 5.07. The summed E-state index contributed by atoms with van der Waals surface area (Å²) in [4.78, 5) is 14.2. The fraction of sp³-hybridized carbons (Fsp3) is 0.500. The molecule has 0 radical (unpaired) electrons. The Morgan fingerprint density at radius 2 is 2.39 bits per heavy atom. The van der Waals surface area contributed by atoms with Crippen LogP contribution in [0.5, 0.6) is 0 Å². The zero-order chi connectivity index (χ0) is 13.0. The lowest BCUT2D eigenvalue weighted by Gasteiger charge is -2.24. The number of carbonyl (C=O) groups excluding carboxylic acids is 1. The molecule has 18 heavy (non-hydrogen) atoms. The zero-order valence-electron chi connectivity index (χ0n) is 10.7. The van der Waals surface area contributed by atoms with Gasteiger partial charge in [0.15, 0.2) is 0 Å². The molecular weight excluding hydrogens is 248 g/mol. The minimum atomic E-state index is 0.00383. The Balaban J connectivity index is 2.02. The largest absolute Gasteiger partial charge is 0.337 e.